The minimum Gasteiger partial charge on any atom is -0.487 e. The molecule has 2 aliphatic heterocycles. The molecule has 0 aromatic heterocycles. The number of rotatable bonds is 0. The molecule has 3 rings (SSSR count). The van der Waals surface area contributed by atoms with Gasteiger partial charge in [0, 0.05) is 23.6 Å². The minimum atomic E-state index is -0.0633. The molecule has 17 heavy (non-hydrogen) atoms. The topological polar surface area (TPSA) is 21.3 Å². The molecule has 1 saturated heterocycles. The number of hydrogen-bond donors (Lipinski definition) is 1. The number of nitrogens with one attached hydrogen (secondary N) is 1. The summed E-state index contributed by atoms with van der Waals surface area (Å²) in [5.41, 5.74) is 1.27. The Morgan fingerprint density at radius 3 is 2.82 bits per heavy atom. The Morgan fingerprint density at radius 1 is 1.24 bits per heavy atom. The molecule has 0 amide bonds. The number of para-hydroxylation sites is 1. The van der Waals surface area contributed by atoms with Crippen LogP contribution < -0.4 is 10.1 Å². The fourth-order valence-corrected chi connectivity index (χ4v) is 3.35. The number of ether oxygens (including phenoxy) is 1. The van der Waals surface area contributed by atoms with Gasteiger partial charge >= 0.3 is 0 Å². The smallest absolute Gasteiger partial charge is 0.124 e. The van der Waals surface area contributed by atoms with Gasteiger partial charge in [-0.3, -0.25) is 0 Å². The molecule has 2 aliphatic rings. The highest BCUT2D eigenvalue weighted by Crippen LogP contribution is 2.47. The maximum Gasteiger partial charge on any atom is 0.124 e. The Bertz CT molecular complexity index is 427. The molecule has 1 aromatic rings. The molecular formula is C15H21NO. The molecule has 1 aromatic carbocycles. The molecule has 2 heteroatoms. The fourth-order valence-electron chi connectivity index (χ4n) is 3.35. The van der Waals surface area contributed by atoms with Crippen LogP contribution in [0.3, 0.4) is 0 Å². The standard InChI is InChI=1S/C15H21NO/c1-10-8-9-12-14(16-10)11-6-4-5-7-13(11)17-15(12,2)3/h4-7,10,12,14,16H,8-9H2,1-3H3. The minimum absolute atomic E-state index is 0.0633. The lowest BCUT2D eigenvalue weighted by molar-refractivity contribution is -0.0174. The molecule has 3 unspecified atom stereocenters. The molecule has 92 valence electrons. The van der Waals surface area contributed by atoms with Crippen molar-refractivity contribution in [2.45, 2.75) is 51.3 Å². The maximum absolute atomic E-state index is 6.18. The average molecular weight is 231 g/mol. The van der Waals surface area contributed by atoms with Crippen molar-refractivity contribution in [3.8, 4) is 5.75 Å². The van der Waals surface area contributed by atoms with Crippen molar-refractivity contribution in [2.24, 2.45) is 5.92 Å². The molecule has 1 fully saturated rings. The second-order valence-electron chi connectivity index (χ2n) is 5.97. The second kappa shape index (κ2) is 3.74. The number of piperidine rings is 1. The van der Waals surface area contributed by atoms with E-state index in [0.717, 1.165) is 5.75 Å². The average Bonchev–Trinajstić information content (AvgIpc) is 2.28. The van der Waals surface area contributed by atoms with E-state index in [1.807, 2.05) is 0 Å². The van der Waals surface area contributed by atoms with Gasteiger partial charge in [0.05, 0.1) is 0 Å². The van der Waals surface area contributed by atoms with Gasteiger partial charge in [-0.15, -0.1) is 0 Å². The van der Waals surface area contributed by atoms with Crippen molar-refractivity contribution in [1.29, 1.82) is 0 Å². The summed E-state index contributed by atoms with van der Waals surface area (Å²) in [6, 6.07) is 9.53. The van der Waals surface area contributed by atoms with Crippen LogP contribution in [0.5, 0.6) is 5.75 Å². The van der Waals surface area contributed by atoms with Gasteiger partial charge in [-0.2, -0.15) is 0 Å². The van der Waals surface area contributed by atoms with Crippen LogP contribution in [-0.2, 0) is 0 Å². The van der Waals surface area contributed by atoms with Gasteiger partial charge in [-0.05, 0) is 39.7 Å². The summed E-state index contributed by atoms with van der Waals surface area (Å²) < 4.78 is 6.18. The molecule has 0 spiro atoms. The fraction of sp³-hybridized carbons (Fsp3) is 0.600. The third-order valence-electron chi connectivity index (χ3n) is 4.30. The van der Waals surface area contributed by atoms with Crippen molar-refractivity contribution in [3.63, 3.8) is 0 Å². The molecule has 0 saturated carbocycles. The zero-order chi connectivity index (χ0) is 12.0. The van der Waals surface area contributed by atoms with Gasteiger partial charge in [-0.25, -0.2) is 0 Å². The molecule has 3 atom stereocenters. The van der Waals surface area contributed by atoms with Crippen molar-refractivity contribution in [1.82, 2.24) is 5.32 Å². The molecule has 1 N–H and O–H groups in total. The van der Waals surface area contributed by atoms with E-state index in [2.05, 4.69) is 50.4 Å². The maximum atomic E-state index is 6.18. The lowest BCUT2D eigenvalue weighted by Gasteiger charge is -2.49. The van der Waals surface area contributed by atoms with Gasteiger partial charge in [-0.1, -0.05) is 18.2 Å². The van der Waals surface area contributed by atoms with E-state index >= 15 is 0 Å². The highest BCUT2D eigenvalue weighted by Gasteiger charge is 2.45. The summed E-state index contributed by atoms with van der Waals surface area (Å²) in [7, 11) is 0. The summed E-state index contributed by atoms with van der Waals surface area (Å²) in [5.74, 6) is 1.63. The molecule has 0 radical (unpaired) electrons. The summed E-state index contributed by atoms with van der Waals surface area (Å²) in [6.45, 7) is 6.72. The van der Waals surface area contributed by atoms with E-state index in [0.29, 0.717) is 18.0 Å². The van der Waals surface area contributed by atoms with Crippen LogP contribution in [0, 0.1) is 5.92 Å². The summed E-state index contributed by atoms with van der Waals surface area (Å²) in [4.78, 5) is 0. The highest BCUT2D eigenvalue weighted by molar-refractivity contribution is 5.40. The van der Waals surface area contributed by atoms with Crippen molar-refractivity contribution in [2.75, 3.05) is 0 Å². The molecule has 2 nitrogen and oxygen atoms in total. The number of fused-ring (bicyclic) bond motifs is 3. The third-order valence-corrected chi connectivity index (χ3v) is 4.30. The predicted molar refractivity (Wildman–Crippen MR) is 69.2 cm³/mol. The van der Waals surface area contributed by atoms with Crippen LogP contribution in [0.4, 0.5) is 0 Å². The van der Waals surface area contributed by atoms with E-state index in [1.54, 1.807) is 0 Å². The lowest BCUT2D eigenvalue weighted by atomic mass is 9.73. The van der Waals surface area contributed by atoms with Gasteiger partial charge in [0.1, 0.15) is 11.4 Å². The first-order valence-electron chi connectivity index (χ1n) is 6.62. The van der Waals surface area contributed by atoms with Crippen LogP contribution in [0.2, 0.25) is 0 Å². The highest BCUT2D eigenvalue weighted by atomic mass is 16.5. The first kappa shape index (κ1) is 11.1. The predicted octanol–water partition coefficient (Wildman–Crippen LogP) is 3.29. The Morgan fingerprint density at radius 2 is 2.00 bits per heavy atom. The van der Waals surface area contributed by atoms with Gasteiger partial charge in [0.2, 0.25) is 0 Å². The summed E-state index contributed by atoms with van der Waals surface area (Å²) in [5, 5.41) is 3.75. The van der Waals surface area contributed by atoms with Crippen LogP contribution >= 0.6 is 0 Å². The molecular weight excluding hydrogens is 210 g/mol. The quantitative estimate of drug-likeness (QED) is 0.740. The third kappa shape index (κ3) is 1.75. The lowest BCUT2D eigenvalue weighted by Crippen LogP contribution is -2.53. The van der Waals surface area contributed by atoms with Crippen LogP contribution in [-0.4, -0.2) is 11.6 Å². The van der Waals surface area contributed by atoms with Gasteiger partial charge in [0.25, 0.3) is 0 Å². The first-order valence-corrected chi connectivity index (χ1v) is 6.62. The van der Waals surface area contributed by atoms with E-state index in [9.17, 15) is 0 Å². The van der Waals surface area contributed by atoms with Gasteiger partial charge in [0.15, 0.2) is 0 Å². The largest absolute Gasteiger partial charge is 0.487 e. The Kier molecular flexibility index (Phi) is 2.44. The van der Waals surface area contributed by atoms with Gasteiger partial charge < -0.3 is 10.1 Å². The Labute approximate surface area is 103 Å². The zero-order valence-corrected chi connectivity index (χ0v) is 10.9. The van der Waals surface area contributed by atoms with Crippen molar-refractivity contribution < 1.29 is 4.74 Å². The number of hydrogen-bond acceptors (Lipinski definition) is 2. The van der Waals surface area contributed by atoms with Crippen molar-refractivity contribution >= 4 is 0 Å². The monoisotopic (exact) mass is 231 g/mol. The normalized spacial score (nSPS) is 34.4. The van der Waals surface area contributed by atoms with Crippen LogP contribution in [0.15, 0.2) is 24.3 Å². The van der Waals surface area contributed by atoms with Crippen molar-refractivity contribution in [3.05, 3.63) is 29.8 Å². The summed E-state index contributed by atoms with van der Waals surface area (Å²) >= 11 is 0. The second-order valence-corrected chi connectivity index (χ2v) is 5.97. The van der Waals surface area contributed by atoms with E-state index < -0.39 is 0 Å². The Hall–Kier alpha value is -1.02. The van der Waals surface area contributed by atoms with Crippen LogP contribution in [0.1, 0.15) is 45.2 Å². The summed E-state index contributed by atoms with van der Waals surface area (Å²) in [6.07, 6.45) is 2.50. The molecule has 0 aliphatic carbocycles. The van der Waals surface area contributed by atoms with E-state index in [1.165, 1.54) is 18.4 Å². The first-order chi connectivity index (χ1) is 8.08. The van der Waals surface area contributed by atoms with E-state index in [-0.39, 0.29) is 5.60 Å². The molecule has 0 bridgehead atoms. The molecule has 2 heterocycles. The SMILES string of the molecule is CC1CCC2C(N1)c1ccccc1OC2(C)C. The zero-order valence-electron chi connectivity index (χ0n) is 10.9. The Balaban J connectivity index is 2.05. The van der Waals surface area contributed by atoms with Crippen LogP contribution in [0.25, 0.3) is 0 Å². The van der Waals surface area contributed by atoms with E-state index in [4.69, 9.17) is 4.74 Å². The number of benzene rings is 1.